The van der Waals surface area contributed by atoms with Crippen LogP contribution < -0.4 is 39.3 Å². The highest BCUT2D eigenvalue weighted by atomic mass is 32.1. The van der Waals surface area contributed by atoms with E-state index in [9.17, 15) is 9.59 Å². The first-order valence-corrected chi connectivity index (χ1v) is 16.7. The molecule has 0 aliphatic heterocycles. The van der Waals surface area contributed by atoms with E-state index >= 15 is 0 Å². The van der Waals surface area contributed by atoms with Gasteiger partial charge in [-0.25, -0.2) is 0 Å². The molecule has 0 amide bonds. The van der Waals surface area contributed by atoms with Crippen molar-refractivity contribution in [2.45, 2.75) is 27.7 Å². The topological polar surface area (TPSA) is 89.5 Å². The minimum absolute atomic E-state index is 0.0808. The first-order chi connectivity index (χ1) is 22.1. The number of thiophene rings is 2. The lowest BCUT2D eigenvalue weighted by atomic mass is 10.0. The molecule has 0 radical (unpaired) electrons. The Labute approximate surface area is 272 Å². The molecule has 0 N–H and O–H groups in total. The summed E-state index contributed by atoms with van der Waals surface area (Å²) >= 11 is 2.81. The molecule has 7 aromatic rings. The van der Waals surface area contributed by atoms with Crippen molar-refractivity contribution in [1.82, 2.24) is 0 Å². The molecule has 0 fully saturated rings. The van der Waals surface area contributed by atoms with Gasteiger partial charge in [0.25, 0.3) is 0 Å². The number of hydrogen-bond donors (Lipinski definition) is 0. The van der Waals surface area contributed by atoms with Crippen molar-refractivity contribution in [1.29, 1.82) is 0 Å². The molecule has 0 saturated carbocycles. The summed E-state index contributed by atoms with van der Waals surface area (Å²) in [6, 6.07) is 7.22. The van der Waals surface area contributed by atoms with Crippen molar-refractivity contribution in [2.75, 3.05) is 41.7 Å². The van der Waals surface area contributed by atoms with Gasteiger partial charge in [-0.3, -0.25) is 9.59 Å². The number of fused-ring (bicyclic) bond motifs is 10. The number of benzene rings is 3. The molecule has 238 valence electrons. The Bertz CT molecular complexity index is 2250. The molecule has 2 aromatic heterocycles. The third kappa shape index (κ3) is 4.30. The first-order valence-electron chi connectivity index (χ1n) is 15.1. The summed E-state index contributed by atoms with van der Waals surface area (Å²) in [6.07, 6.45) is 0. The highest BCUT2D eigenvalue weighted by molar-refractivity contribution is 7.28. The average molecular weight is 659 g/mol. The maximum Gasteiger partial charge on any atom is 0.204 e. The van der Waals surface area contributed by atoms with Crippen LogP contribution in [0, 0.1) is 11.8 Å². The Balaban J connectivity index is 1.72. The van der Waals surface area contributed by atoms with Crippen LogP contribution in [0.3, 0.4) is 0 Å². The van der Waals surface area contributed by atoms with Gasteiger partial charge in [0.2, 0.25) is 10.9 Å². The highest BCUT2D eigenvalue weighted by Gasteiger charge is 2.31. The summed E-state index contributed by atoms with van der Waals surface area (Å²) in [7, 11) is 6.28. The third-order valence-corrected chi connectivity index (χ3v) is 10.7. The minimum atomic E-state index is -0.0808. The van der Waals surface area contributed by atoms with Crippen molar-refractivity contribution < 1.29 is 28.4 Å². The zero-order valence-corrected chi connectivity index (χ0v) is 28.6. The molecule has 8 nitrogen and oxygen atoms in total. The van der Waals surface area contributed by atoms with E-state index in [-0.39, 0.29) is 22.7 Å². The summed E-state index contributed by atoms with van der Waals surface area (Å²) in [5.74, 6) is 3.82. The van der Waals surface area contributed by atoms with Crippen molar-refractivity contribution in [3.8, 4) is 34.5 Å². The zero-order valence-electron chi connectivity index (χ0n) is 27.0. The van der Waals surface area contributed by atoms with Crippen molar-refractivity contribution in [3.63, 3.8) is 0 Å². The van der Waals surface area contributed by atoms with Crippen LogP contribution in [0.25, 0.3) is 61.9 Å². The van der Waals surface area contributed by atoms with Gasteiger partial charge < -0.3 is 28.4 Å². The second-order valence-corrected chi connectivity index (χ2v) is 14.3. The van der Waals surface area contributed by atoms with Gasteiger partial charge in [-0.2, -0.15) is 0 Å². The number of methoxy groups -OCH3 is 4. The number of hydrogen-bond acceptors (Lipinski definition) is 10. The first kappa shape index (κ1) is 30.4. The molecule has 0 aliphatic rings. The lowest BCUT2D eigenvalue weighted by Gasteiger charge is -2.16. The molecule has 2 heterocycles. The van der Waals surface area contributed by atoms with Crippen LogP contribution in [0.2, 0.25) is 0 Å². The van der Waals surface area contributed by atoms with Crippen LogP contribution in [0.5, 0.6) is 34.5 Å². The Morgan fingerprint density at radius 1 is 0.500 bits per heavy atom. The molecule has 0 bridgehead atoms. The molecular weight excluding hydrogens is 625 g/mol. The Morgan fingerprint density at radius 3 is 1.13 bits per heavy atom. The summed E-state index contributed by atoms with van der Waals surface area (Å²) in [4.78, 5) is 28.0. The molecule has 0 spiro atoms. The van der Waals surface area contributed by atoms with Crippen LogP contribution in [-0.4, -0.2) is 41.7 Å². The normalized spacial score (nSPS) is 12.2. The van der Waals surface area contributed by atoms with Crippen LogP contribution in [0.4, 0.5) is 0 Å². The van der Waals surface area contributed by atoms with Gasteiger partial charge >= 0.3 is 0 Å². The lowest BCUT2D eigenvalue weighted by Crippen LogP contribution is -2.07. The van der Waals surface area contributed by atoms with Crippen molar-refractivity contribution >= 4 is 84.6 Å². The predicted molar refractivity (Wildman–Crippen MR) is 189 cm³/mol. The fraction of sp³-hybridized carbons (Fsp3) is 0.333. The Hall–Kier alpha value is -4.28. The smallest absolute Gasteiger partial charge is 0.204 e. The molecule has 46 heavy (non-hydrogen) atoms. The maximum atomic E-state index is 14.0. The highest BCUT2D eigenvalue weighted by Crippen LogP contribution is 2.56. The molecule has 5 aromatic carbocycles. The second-order valence-electron chi connectivity index (χ2n) is 12.3. The summed E-state index contributed by atoms with van der Waals surface area (Å²) in [6.45, 7) is 9.28. The molecule has 0 aliphatic carbocycles. The lowest BCUT2D eigenvalue weighted by molar-refractivity contribution is 0.273. The summed E-state index contributed by atoms with van der Waals surface area (Å²) in [5.41, 5.74) is -0.162. The average Bonchev–Trinajstić information content (AvgIpc) is 3.76. The van der Waals surface area contributed by atoms with Gasteiger partial charge in [0.1, 0.15) is 11.5 Å². The van der Waals surface area contributed by atoms with Crippen LogP contribution in [0.1, 0.15) is 27.7 Å². The fourth-order valence-electron chi connectivity index (χ4n) is 6.24. The summed E-state index contributed by atoms with van der Waals surface area (Å²) in [5, 5.41) is 5.84. The van der Waals surface area contributed by atoms with E-state index in [4.69, 9.17) is 28.4 Å². The Morgan fingerprint density at radius 2 is 0.826 bits per heavy atom. The largest absolute Gasteiger partial charge is 0.493 e. The van der Waals surface area contributed by atoms with Crippen LogP contribution in [-0.2, 0) is 0 Å². The molecular formula is C36H34O8S2. The van der Waals surface area contributed by atoms with E-state index in [1.807, 2.05) is 12.1 Å². The fourth-order valence-corrected chi connectivity index (χ4v) is 8.79. The maximum absolute atomic E-state index is 14.0. The van der Waals surface area contributed by atoms with Crippen molar-refractivity contribution in [2.24, 2.45) is 11.8 Å². The second kappa shape index (κ2) is 11.2. The molecule has 0 unspecified atom stereocenters. The van der Waals surface area contributed by atoms with E-state index < -0.39 is 0 Å². The van der Waals surface area contributed by atoms with E-state index in [0.717, 1.165) is 41.7 Å². The quantitative estimate of drug-likeness (QED) is 0.145. The Kier molecular flexibility index (Phi) is 7.40. The zero-order chi connectivity index (χ0) is 32.6. The van der Waals surface area contributed by atoms with E-state index in [2.05, 4.69) is 27.7 Å². The SMILES string of the molecule is COc1cc2c(=O)c3sc4c(OCC(C)C)c5c(sc6c(=O)c7cc(OC)c(OC)cc7c65)c(OCC(C)C)c4c3c2cc1OC. The molecule has 0 saturated heterocycles. The number of rotatable bonds is 10. The van der Waals surface area contributed by atoms with Crippen LogP contribution >= 0.6 is 22.7 Å². The standard InChI is InChI=1S/C36H34O8S2/c1-15(2)13-43-31-27-25-17-9-21(39-5)23(41-7)11-19(17)29(37)33(25)46-36(27)32(44-14-16(3)4)28-26-18-10-22(40-6)24(42-8)12-20(18)30(38)34(26)45-35(28)31/h9-12,15-16H,13-14H2,1-8H3. The molecule has 10 heteroatoms. The third-order valence-electron chi connectivity index (χ3n) is 8.29. The van der Waals surface area contributed by atoms with Gasteiger partial charge in [0.15, 0.2) is 23.0 Å². The van der Waals surface area contributed by atoms with Crippen LogP contribution in [0.15, 0.2) is 33.9 Å². The predicted octanol–water partition coefficient (Wildman–Crippen LogP) is 8.43. The van der Waals surface area contributed by atoms with Gasteiger partial charge in [-0.05, 0) is 46.9 Å². The molecule has 0 atom stereocenters. The van der Waals surface area contributed by atoms with Gasteiger partial charge in [-0.1, -0.05) is 27.7 Å². The van der Waals surface area contributed by atoms with Gasteiger partial charge in [-0.15, -0.1) is 22.7 Å². The van der Waals surface area contributed by atoms with Crippen molar-refractivity contribution in [3.05, 3.63) is 44.7 Å². The monoisotopic (exact) mass is 658 g/mol. The van der Waals surface area contributed by atoms with E-state index in [0.29, 0.717) is 67.9 Å². The summed E-state index contributed by atoms with van der Waals surface area (Å²) < 4.78 is 38.6. The molecule has 7 rings (SSSR count). The van der Waals surface area contributed by atoms with Gasteiger partial charge in [0, 0.05) is 32.3 Å². The minimum Gasteiger partial charge on any atom is -0.493 e. The number of ether oxygens (including phenoxy) is 6. The van der Waals surface area contributed by atoms with E-state index in [1.165, 1.54) is 22.7 Å². The van der Waals surface area contributed by atoms with E-state index in [1.54, 1.807) is 40.6 Å². The van der Waals surface area contributed by atoms with Gasteiger partial charge in [0.05, 0.1) is 60.5 Å².